The average Bonchev–Trinajstić information content (AvgIpc) is 1.88. The molecule has 0 saturated carbocycles. The van der Waals surface area contributed by atoms with E-state index >= 15 is 0 Å². The summed E-state index contributed by atoms with van der Waals surface area (Å²) in [5, 5.41) is 0.172. The molecule has 0 aliphatic carbocycles. The normalized spacial score (nSPS) is 9.11. The molecule has 1 heterocycles. The number of aromatic nitrogens is 2. The summed E-state index contributed by atoms with van der Waals surface area (Å²) >= 11 is 5.40. The van der Waals surface area contributed by atoms with Gasteiger partial charge in [0.25, 0.3) is 0 Å². The minimum atomic E-state index is 0.172. The van der Waals surface area contributed by atoms with Crippen molar-refractivity contribution in [2.24, 2.45) is 0 Å². The quantitative estimate of drug-likeness (QED) is 0.549. The second kappa shape index (κ2) is 2.64. The van der Waals surface area contributed by atoms with Crippen LogP contribution in [0, 0.1) is 6.07 Å². The van der Waals surface area contributed by atoms with E-state index in [4.69, 9.17) is 16.3 Å². The van der Waals surface area contributed by atoms with Gasteiger partial charge in [-0.05, 0) is 11.6 Å². The highest BCUT2D eigenvalue weighted by Crippen LogP contribution is 2.05. The van der Waals surface area contributed by atoms with Gasteiger partial charge in [-0.25, -0.2) is 4.98 Å². The topological polar surface area (TPSA) is 35.0 Å². The molecule has 0 N–H and O–H groups in total. The smallest absolute Gasteiger partial charge is 0.225 e. The van der Waals surface area contributed by atoms with E-state index in [1.807, 2.05) is 0 Å². The Kier molecular flexibility index (Phi) is 1.85. The van der Waals surface area contributed by atoms with Crippen molar-refractivity contribution in [1.82, 2.24) is 9.97 Å². The zero-order chi connectivity index (χ0) is 6.69. The summed E-state index contributed by atoms with van der Waals surface area (Å²) in [5.74, 6) is 0.356. The summed E-state index contributed by atoms with van der Waals surface area (Å²) in [5.41, 5.74) is 0. The van der Waals surface area contributed by atoms with E-state index in [2.05, 4.69) is 16.0 Å². The van der Waals surface area contributed by atoms with E-state index in [1.54, 1.807) is 0 Å². The number of methoxy groups -OCH3 is 1. The highest BCUT2D eigenvalue weighted by atomic mass is 35.5. The molecule has 3 nitrogen and oxygen atoms in total. The van der Waals surface area contributed by atoms with Gasteiger partial charge in [0.05, 0.1) is 13.2 Å². The number of rotatable bonds is 1. The number of halogens is 1. The summed E-state index contributed by atoms with van der Waals surface area (Å²) in [6.45, 7) is 0. The Hall–Kier alpha value is -0.830. The largest absolute Gasteiger partial charge is 0.480 e. The summed E-state index contributed by atoms with van der Waals surface area (Å²) in [7, 11) is 1.50. The summed E-state index contributed by atoms with van der Waals surface area (Å²) in [6, 6.07) is 2.63. The average molecular weight is 144 g/mol. The lowest BCUT2D eigenvalue weighted by molar-refractivity contribution is 0.396. The molecule has 1 rings (SSSR count). The van der Waals surface area contributed by atoms with Crippen molar-refractivity contribution in [1.29, 1.82) is 0 Å². The monoisotopic (exact) mass is 143 g/mol. The fourth-order valence-corrected chi connectivity index (χ4v) is 0.516. The second-order valence-corrected chi connectivity index (χ2v) is 1.63. The van der Waals surface area contributed by atoms with Crippen LogP contribution >= 0.6 is 11.6 Å². The molecular weight excluding hydrogens is 140 g/mol. The lowest BCUT2D eigenvalue weighted by atomic mass is 10.6. The van der Waals surface area contributed by atoms with Gasteiger partial charge in [0.15, 0.2) is 0 Å². The first kappa shape index (κ1) is 6.29. The van der Waals surface area contributed by atoms with E-state index in [1.165, 1.54) is 13.3 Å². The molecule has 0 aliphatic rings. The van der Waals surface area contributed by atoms with Gasteiger partial charge < -0.3 is 4.74 Å². The number of ether oxygens (including phenoxy) is 1. The van der Waals surface area contributed by atoms with E-state index in [9.17, 15) is 0 Å². The van der Waals surface area contributed by atoms with Crippen LogP contribution in [0.4, 0.5) is 0 Å². The van der Waals surface area contributed by atoms with Crippen molar-refractivity contribution in [3.8, 4) is 5.88 Å². The fourth-order valence-electron chi connectivity index (χ4n) is 0.390. The highest BCUT2D eigenvalue weighted by Gasteiger charge is 1.92. The van der Waals surface area contributed by atoms with Gasteiger partial charge in [-0.3, -0.25) is 0 Å². The molecule has 4 heteroatoms. The van der Waals surface area contributed by atoms with Crippen LogP contribution in [0.2, 0.25) is 5.28 Å². The molecule has 47 valence electrons. The van der Waals surface area contributed by atoms with Gasteiger partial charge in [-0.15, -0.1) is 0 Å². The Morgan fingerprint density at radius 3 is 3.00 bits per heavy atom. The zero-order valence-corrected chi connectivity index (χ0v) is 5.51. The Bertz CT molecular complexity index is 204. The molecule has 0 aliphatic heterocycles. The van der Waals surface area contributed by atoms with Crippen LogP contribution in [0.5, 0.6) is 5.88 Å². The lowest BCUT2D eigenvalue weighted by Gasteiger charge is -1.93. The molecule has 1 aromatic rings. The molecule has 1 radical (unpaired) electrons. The molecule has 0 spiro atoms. The fraction of sp³-hybridized carbons (Fsp3) is 0.200. The molecule has 0 atom stereocenters. The van der Waals surface area contributed by atoms with E-state index in [-0.39, 0.29) is 5.28 Å². The van der Waals surface area contributed by atoms with Crippen LogP contribution < -0.4 is 4.74 Å². The molecule has 0 bridgehead atoms. The van der Waals surface area contributed by atoms with Gasteiger partial charge in [0.1, 0.15) is 0 Å². The van der Waals surface area contributed by atoms with Crippen molar-refractivity contribution >= 4 is 11.6 Å². The molecule has 0 amide bonds. The molecule has 1 aromatic heterocycles. The maximum absolute atomic E-state index is 5.40. The van der Waals surface area contributed by atoms with Gasteiger partial charge in [-0.2, -0.15) is 4.98 Å². The number of nitrogens with zero attached hydrogens (tertiary/aromatic N) is 2. The first-order valence-electron chi connectivity index (χ1n) is 2.27. The molecule has 0 unspecified atom stereocenters. The van der Waals surface area contributed by atoms with Crippen molar-refractivity contribution < 1.29 is 4.74 Å². The number of hydrogen-bond acceptors (Lipinski definition) is 3. The van der Waals surface area contributed by atoms with E-state index in [0.717, 1.165) is 0 Å². The predicted molar refractivity (Wildman–Crippen MR) is 32.4 cm³/mol. The van der Waals surface area contributed by atoms with Crippen LogP contribution in [0.1, 0.15) is 0 Å². The van der Waals surface area contributed by atoms with Crippen LogP contribution in [-0.4, -0.2) is 17.1 Å². The zero-order valence-electron chi connectivity index (χ0n) is 4.76. The first-order valence-corrected chi connectivity index (χ1v) is 2.65. The second-order valence-electron chi connectivity index (χ2n) is 1.29. The summed E-state index contributed by atoms with van der Waals surface area (Å²) < 4.78 is 4.70. The van der Waals surface area contributed by atoms with Gasteiger partial charge >= 0.3 is 0 Å². The Morgan fingerprint density at radius 1 is 1.78 bits per heavy atom. The highest BCUT2D eigenvalue weighted by molar-refractivity contribution is 6.28. The third-order valence-electron chi connectivity index (χ3n) is 0.746. The summed E-state index contributed by atoms with van der Waals surface area (Å²) in [4.78, 5) is 7.27. The lowest BCUT2D eigenvalue weighted by Crippen LogP contribution is -1.88. The molecule has 0 aromatic carbocycles. The van der Waals surface area contributed by atoms with Crippen molar-refractivity contribution in [2.45, 2.75) is 0 Å². The van der Waals surface area contributed by atoms with Crippen molar-refractivity contribution in [2.75, 3.05) is 7.11 Å². The van der Waals surface area contributed by atoms with Crippen molar-refractivity contribution in [3.63, 3.8) is 0 Å². The van der Waals surface area contributed by atoms with Crippen LogP contribution in [0.3, 0.4) is 0 Å². The molecule has 0 fully saturated rings. The van der Waals surface area contributed by atoms with E-state index < -0.39 is 0 Å². The SMILES string of the molecule is COc1[c]cnc(Cl)n1. The minimum Gasteiger partial charge on any atom is -0.480 e. The van der Waals surface area contributed by atoms with Gasteiger partial charge in [-0.1, -0.05) is 0 Å². The van der Waals surface area contributed by atoms with Crippen LogP contribution in [0.25, 0.3) is 0 Å². The van der Waals surface area contributed by atoms with Gasteiger partial charge in [0.2, 0.25) is 11.2 Å². The molecule has 9 heavy (non-hydrogen) atoms. The molecule has 0 saturated heterocycles. The van der Waals surface area contributed by atoms with Crippen molar-refractivity contribution in [3.05, 3.63) is 17.5 Å². The van der Waals surface area contributed by atoms with Crippen LogP contribution in [0.15, 0.2) is 6.20 Å². The maximum Gasteiger partial charge on any atom is 0.225 e. The third-order valence-corrected chi connectivity index (χ3v) is 0.928. The Labute approximate surface area is 57.7 Å². The minimum absolute atomic E-state index is 0.172. The van der Waals surface area contributed by atoms with Gasteiger partial charge in [0, 0.05) is 6.20 Å². The molecular formula is C5H4ClN2O. The maximum atomic E-state index is 5.40. The van der Waals surface area contributed by atoms with Crippen LogP contribution in [-0.2, 0) is 0 Å². The Morgan fingerprint density at radius 2 is 2.56 bits per heavy atom. The summed E-state index contributed by atoms with van der Waals surface area (Å²) in [6.07, 6.45) is 1.41. The predicted octanol–water partition coefficient (Wildman–Crippen LogP) is 0.939. The first-order chi connectivity index (χ1) is 4.33. The number of hydrogen-bond donors (Lipinski definition) is 0. The standard InChI is InChI=1S/C5H4ClN2O/c1-9-4-2-3-7-5(6)8-4/h3H,1H3. The Balaban J connectivity index is 2.94. The van der Waals surface area contributed by atoms with E-state index in [0.29, 0.717) is 5.88 Å². The third kappa shape index (κ3) is 1.54.